The molecule has 0 aliphatic rings. The van der Waals surface area contributed by atoms with Crippen molar-refractivity contribution < 1.29 is 4.79 Å². The second-order valence-electron chi connectivity index (χ2n) is 5.56. The van der Waals surface area contributed by atoms with Gasteiger partial charge < -0.3 is 11.1 Å². The van der Waals surface area contributed by atoms with Crippen LogP contribution in [0.2, 0.25) is 0 Å². The van der Waals surface area contributed by atoms with E-state index in [1.165, 1.54) is 10.6 Å². The molecule has 0 saturated carbocycles. The van der Waals surface area contributed by atoms with E-state index in [1.54, 1.807) is 12.3 Å². The monoisotopic (exact) mass is 338 g/mol. The van der Waals surface area contributed by atoms with Crippen LogP contribution in [0.15, 0.2) is 29.3 Å². The molecule has 0 aromatic carbocycles. The van der Waals surface area contributed by atoms with Crippen LogP contribution >= 0.6 is 12.4 Å². The zero-order valence-electron chi connectivity index (χ0n) is 13.6. The minimum Gasteiger partial charge on any atom is -0.345 e. The lowest BCUT2D eigenvalue weighted by molar-refractivity contribution is 0.0893. The highest BCUT2D eigenvalue weighted by Crippen LogP contribution is 2.14. The second kappa shape index (κ2) is 7.57. The van der Waals surface area contributed by atoms with Gasteiger partial charge in [-0.1, -0.05) is 19.9 Å². The number of amides is 1. The van der Waals surface area contributed by atoms with Gasteiger partial charge >= 0.3 is 0 Å². The number of halogens is 1. The third-order valence-corrected chi connectivity index (χ3v) is 4.22. The van der Waals surface area contributed by atoms with Crippen molar-refractivity contribution in [2.45, 2.75) is 39.2 Å². The first-order chi connectivity index (χ1) is 10.5. The Labute approximate surface area is 141 Å². The Hall–Kier alpha value is -1.92. The van der Waals surface area contributed by atoms with Crippen molar-refractivity contribution in [2.75, 3.05) is 6.54 Å². The summed E-state index contributed by atoms with van der Waals surface area (Å²) in [7, 11) is 0. The maximum atomic E-state index is 12.5. The van der Waals surface area contributed by atoms with Gasteiger partial charge in [-0.05, 0) is 31.4 Å². The third-order valence-electron chi connectivity index (χ3n) is 4.22. The number of nitrogens with one attached hydrogen (secondary N) is 1. The number of aryl methyl sites for hydroxylation is 1. The molecule has 0 spiro atoms. The van der Waals surface area contributed by atoms with Crippen LogP contribution in [0.4, 0.5) is 0 Å². The fourth-order valence-corrected chi connectivity index (χ4v) is 2.41. The molecular formula is C16H23ClN4O2. The van der Waals surface area contributed by atoms with E-state index in [0.717, 1.165) is 5.56 Å². The highest BCUT2D eigenvalue weighted by Gasteiger charge is 2.28. The first-order valence-corrected chi connectivity index (χ1v) is 7.47. The van der Waals surface area contributed by atoms with Crippen molar-refractivity contribution in [1.82, 2.24) is 14.7 Å². The van der Waals surface area contributed by atoms with Crippen LogP contribution < -0.4 is 16.6 Å². The van der Waals surface area contributed by atoms with Crippen LogP contribution in [0.3, 0.4) is 0 Å². The molecule has 0 aliphatic heterocycles. The molecule has 3 N–H and O–H groups in total. The molecular weight excluding hydrogens is 316 g/mol. The molecule has 1 amide bonds. The number of nitrogens with two attached hydrogens (primary N) is 1. The van der Waals surface area contributed by atoms with Gasteiger partial charge in [-0.15, -0.1) is 12.4 Å². The normalized spacial score (nSPS) is 11.1. The number of carbonyl (C=O) groups is 1. The molecule has 6 nitrogen and oxygen atoms in total. The molecule has 0 saturated heterocycles. The number of aromatic nitrogens is 2. The Morgan fingerprint density at radius 2 is 2.00 bits per heavy atom. The molecule has 0 radical (unpaired) electrons. The number of fused-ring (bicyclic) bond motifs is 1. The number of rotatable bonds is 5. The van der Waals surface area contributed by atoms with E-state index in [4.69, 9.17) is 5.73 Å². The van der Waals surface area contributed by atoms with Crippen molar-refractivity contribution in [3.63, 3.8) is 0 Å². The summed E-state index contributed by atoms with van der Waals surface area (Å²) in [6, 6.07) is 3.62. The number of hydrogen-bond donors (Lipinski definition) is 2. The molecule has 2 aromatic heterocycles. The van der Waals surface area contributed by atoms with E-state index < -0.39 is 11.4 Å². The summed E-state index contributed by atoms with van der Waals surface area (Å²) in [5.41, 5.74) is 6.40. The van der Waals surface area contributed by atoms with Crippen molar-refractivity contribution >= 4 is 24.0 Å². The molecule has 0 unspecified atom stereocenters. The summed E-state index contributed by atoms with van der Waals surface area (Å²) in [5.74, 6) is -0.428. The van der Waals surface area contributed by atoms with Crippen molar-refractivity contribution in [2.24, 2.45) is 5.73 Å². The SMILES string of the molecule is CCC(CC)(CN)NC(=O)c1cnc2ccc(C)cn2c1=O.Cl. The van der Waals surface area contributed by atoms with Gasteiger partial charge in [0.15, 0.2) is 0 Å². The van der Waals surface area contributed by atoms with Crippen LogP contribution in [-0.4, -0.2) is 27.4 Å². The molecule has 7 heteroatoms. The molecule has 2 heterocycles. The fraction of sp³-hybridized carbons (Fsp3) is 0.438. The maximum Gasteiger partial charge on any atom is 0.270 e. The van der Waals surface area contributed by atoms with Gasteiger partial charge in [0.2, 0.25) is 0 Å². The number of carbonyl (C=O) groups excluding carboxylic acids is 1. The van der Waals surface area contributed by atoms with E-state index in [0.29, 0.717) is 25.0 Å². The minimum atomic E-state index is -0.490. The molecule has 0 fully saturated rings. The first kappa shape index (κ1) is 19.1. The maximum absolute atomic E-state index is 12.5. The molecule has 126 valence electrons. The van der Waals surface area contributed by atoms with Crippen molar-refractivity contribution in [3.05, 3.63) is 46.0 Å². The van der Waals surface area contributed by atoms with E-state index in [1.807, 2.05) is 26.8 Å². The van der Waals surface area contributed by atoms with Crippen LogP contribution in [-0.2, 0) is 0 Å². The predicted octanol–water partition coefficient (Wildman–Crippen LogP) is 1.67. The highest BCUT2D eigenvalue weighted by molar-refractivity contribution is 5.94. The Morgan fingerprint density at radius 1 is 1.35 bits per heavy atom. The summed E-state index contributed by atoms with van der Waals surface area (Å²) < 4.78 is 1.40. The smallest absolute Gasteiger partial charge is 0.270 e. The first-order valence-electron chi connectivity index (χ1n) is 7.47. The molecule has 0 atom stereocenters. The van der Waals surface area contributed by atoms with Gasteiger partial charge in [-0.3, -0.25) is 14.0 Å². The van der Waals surface area contributed by atoms with E-state index in [-0.39, 0.29) is 23.5 Å². The van der Waals surface area contributed by atoms with Crippen molar-refractivity contribution in [3.8, 4) is 0 Å². The summed E-state index contributed by atoms with van der Waals surface area (Å²) >= 11 is 0. The van der Waals surface area contributed by atoms with Gasteiger partial charge in [-0.25, -0.2) is 4.98 Å². The lowest BCUT2D eigenvalue weighted by atomic mass is 9.92. The highest BCUT2D eigenvalue weighted by atomic mass is 35.5. The summed E-state index contributed by atoms with van der Waals surface area (Å²) in [6.45, 7) is 6.14. The summed E-state index contributed by atoms with van der Waals surface area (Å²) in [4.78, 5) is 29.2. The van der Waals surface area contributed by atoms with Crippen LogP contribution in [0.5, 0.6) is 0 Å². The lowest BCUT2D eigenvalue weighted by Gasteiger charge is -2.31. The largest absolute Gasteiger partial charge is 0.345 e. The number of nitrogens with zero attached hydrogens (tertiary/aromatic N) is 2. The predicted molar refractivity (Wildman–Crippen MR) is 93.3 cm³/mol. The number of hydrogen-bond acceptors (Lipinski definition) is 4. The summed E-state index contributed by atoms with van der Waals surface area (Å²) in [6.07, 6.45) is 4.41. The quantitative estimate of drug-likeness (QED) is 0.867. The Kier molecular flexibility index (Phi) is 6.29. The van der Waals surface area contributed by atoms with E-state index in [2.05, 4.69) is 10.3 Å². The topological polar surface area (TPSA) is 89.5 Å². The fourth-order valence-electron chi connectivity index (χ4n) is 2.41. The van der Waals surface area contributed by atoms with Gasteiger partial charge in [-0.2, -0.15) is 0 Å². The lowest BCUT2D eigenvalue weighted by Crippen LogP contribution is -2.53. The van der Waals surface area contributed by atoms with Crippen LogP contribution in [0, 0.1) is 6.92 Å². The zero-order chi connectivity index (χ0) is 16.3. The zero-order valence-corrected chi connectivity index (χ0v) is 14.4. The average molecular weight is 339 g/mol. The van der Waals surface area contributed by atoms with Gasteiger partial charge in [0.1, 0.15) is 11.2 Å². The molecule has 0 aliphatic carbocycles. The van der Waals surface area contributed by atoms with Crippen LogP contribution in [0.25, 0.3) is 5.65 Å². The van der Waals surface area contributed by atoms with Crippen molar-refractivity contribution in [1.29, 1.82) is 0 Å². The molecule has 0 bridgehead atoms. The standard InChI is InChI=1S/C16H22N4O2.ClH/c1-4-16(5-2,10-17)19-14(21)12-8-18-13-7-6-11(3)9-20(13)15(12)22;/h6-9H,4-5,10,17H2,1-3H3,(H,19,21);1H. The van der Waals surface area contributed by atoms with E-state index >= 15 is 0 Å². The van der Waals surface area contributed by atoms with Gasteiger partial charge in [0.25, 0.3) is 11.5 Å². The Bertz CT molecular complexity index is 745. The minimum absolute atomic E-state index is 0. The molecule has 23 heavy (non-hydrogen) atoms. The Morgan fingerprint density at radius 3 is 2.57 bits per heavy atom. The summed E-state index contributed by atoms with van der Waals surface area (Å²) in [5, 5.41) is 2.90. The van der Waals surface area contributed by atoms with Gasteiger partial charge in [0.05, 0.1) is 5.54 Å². The van der Waals surface area contributed by atoms with E-state index in [9.17, 15) is 9.59 Å². The van der Waals surface area contributed by atoms with Gasteiger partial charge in [0, 0.05) is 18.9 Å². The third kappa shape index (κ3) is 3.71. The Balaban J connectivity index is 0.00000264. The van der Waals surface area contributed by atoms with Crippen LogP contribution in [0.1, 0.15) is 42.6 Å². The number of pyridine rings is 1. The average Bonchev–Trinajstić information content (AvgIpc) is 2.53. The molecule has 2 aromatic rings. The molecule has 2 rings (SSSR count). The second-order valence-corrected chi connectivity index (χ2v) is 5.56.